The molecule has 188 valence electrons. The fourth-order valence-corrected chi connectivity index (χ4v) is 4.54. The Morgan fingerprint density at radius 3 is 2.32 bits per heavy atom. The standard InChI is InChI=1S/C21H25F3N2O7S/c1-4-20(5-2)16(31-12-14-9-7-6-8-10-14)15(33-34(29,30)21(22,23)24)18(32-20)26-11-13(3)17(27)25-19(26)28/h6-11,15-16,18H,4-5,12H2,1-3H3,(H,25,27,28)/t15-,16?,18-/m1/s1. The van der Waals surface area contributed by atoms with Gasteiger partial charge in [-0.3, -0.25) is 18.5 Å². The van der Waals surface area contributed by atoms with E-state index in [4.69, 9.17) is 9.47 Å². The van der Waals surface area contributed by atoms with Crippen LogP contribution in [0.25, 0.3) is 0 Å². The van der Waals surface area contributed by atoms with Crippen molar-refractivity contribution >= 4 is 10.1 Å². The summed E-state index contributed by atoms with van der Waals surface area (Å²) in [6.45, 7) is 4.69. The van der Waals surface area contributed by atoms with Crippen LogP contribution in [0.1, 0.15) is 44.0 Å². The smallest absolute Gasteiger partial charge is 0.368 e. The highest BCUT2D eigenvalue weighted by atomic mass is 32.2. The highest BCUT2D eigenvalue weighted by Crippen LogP contribution is 2.46. The number of aryl methyl sites for hydroxylation is 1. The number of rotatable bonds is 8. The van der Waals surface area contributed by atoms with Crippen LogP contribution in [-0.4, -0.2) is 41.3 Å². The summed E-state index contributed by atoms with van der Waals surface area (Å²) in [6, 6.07) is 8.71. The van der Waals surface area contributed by atoms with Gasteiger partial charge in [0.2, 0.25) is 0 Å². The molecule has 1 aromatic heterocycles. The van der Waals surface area contributed by atoms with Crippen LogP contribution in [0.3, 0.4) is 0 Å². The maximum absolute atomic E-state index is 13.2. The quantitative estimate of drug-likeness (QED) is 0.432. The van der Waals surface area contributed by atoms with Gasteiger partial charge in [0.25, 0.3) is 5.56 Å². The largest absolute Gasteiger partial charge is 0.523 e. The molecule has 1 aliphatic rings. The molecule has 9 nitrogen and oxygen atoms in total. The van der Waals surface area contributed by atoms with E-state index >= 15 is 0 Å². The van der Waals surface area contributed by atoms with Crippen LogP contribution < -0.4 is 11.2 Å². The van der Waals surface area contributed by atoms with Crippen LogP contribution in [0, 0.1) is 6.92 Å². The average Bonchev–Trinajstić information content (AvgIpc) is 3.07. The van der Waals surface area contributed by atoms with Gasteiger partial charge in [-0.2, -0.15) is 21.6 Å². The highest BCUT2D eigenvalue weighted by Gasteiger charge is 2.60. The summed E-state index contributed by atoms with van der Waals surface area (Å²) < 4.78 is 81.2. The van der Waals surface area contributed by atoms with Crippen molar-refractivity contribution in [3.05, 3.63) is 68.5 Å². The number of H-pyrrole nitrogens is 1. The van der Waals surface area contributed by atoms with Crippen molar-refractivity contribution in [2.45, 2.75) is 69.8 Å². The van der Waals surface area contributed by atoms with Crippen molar-refractivity contribution in [3.63, 3.8) is 0 Å². The molecule has 1 N–H and O–H groups in total. The summed E-state index contributed by atoms with van der Waals surface area (Å²) in [5.41, 5.74) is -7.95. The number of nitrogens with zero attached hydrogens (tertiary/aromatic N) is 1. The molecule has 1 aliphatic heterocycles. The minimum Gasteiger partial charge on any atom is -0.368 e. The van der Waals surface area contributed by atoms with Crippen molar-refractivity contribution in [2.75, 3.05) is 0 Å². The Hall–Kier alpha value is -2.48. The first-order valence-corrected chi connectivity index (χ1v) is 11.9. The van der Waals surface area contributed by atoms with Crippen LogP contribution >= 0.6 is 0 Å². The molecular formula is C21H25F3N2O7S. The molecule has 0 saturated carbocycles. The molecule has 0 amide bonds. The Morgan fingerprint density at radius 1 is 1.15 bits per heavy atom. The van der Waals surface area contributed by atoms with Gasteiger partial charge in [0.1, 0.15) is 6.10 Å². The predicted octanol–water partition coefficient (Wildman–Crippen LogP) is 2.75. The Labute approximate surface area is 193 Å². The average molecular weight is 506 g/mol. The summed E-state index contributed by atoms with van der Waals surface area (Å²) in [7, 11) is -6.08. The van der Waals surface area contributed by atoms with E-state index in [9.17, 15) is 31.2 Å². The maximum atomic E-state index is 13.2. The van der Waals surface area contributed by atoms with Gasteiger partial charge in [0.15, 0.2) is 12.3 Å². The van der Waals surface area contributed by atoms with E-state index in [1.807, 2.05) is 4.98 Å². The summed E-state index contributed by atoms with van der Waals surface area (Å²) in [6.07, 6.45) is -3.30. The van der Waals surface area contributed by atoms with Gasteiger partial charge in [-0.05, 0) is 25.3 Å². The fraction of sp³-hybridized carbons (Fsp3) is 0.524. The Bertz CT molecular complexity index is 1220. The fourth-order valence-electron chi connectivity index (χ4n) is 3.94. The zero-order valence-electron chi connectivity index (χ0n) is 18.7. The van der Waals surface area contributed by atoms with Crippen molar-refractivity contribution in [3.8, 4) is 0 Å². The number of ether oxygens (including phenoxy) is 2. The zero-order chi connectivity index (χ0) is 25.3. The van der Waals surface area contributed by atoms with E-state index in [2.05, 4.69) is 4.18 Å². The SMILES string of the molecule is CCC1(CC)O[C@@H](n2cc(C)c(=O)[nH]c2=O)[C@H](OS(=O)(=O)C(F)(F)F)C1OCc1ccccc1. The molecular weight excluding hydrogens is 481 g/mol. The Kier molecular flexibility index (Phi) is 7.41. The molecule has 3 rings (SSSR count). The molecule has 0 spiro atoms. The van der Waals surface area contributed by atoms with E-state index in [0.29, 0.717) is 5.56 Å². The molecule has 0 radical (unpaired) electrons. The number of halogens is 3. The number of hydrogen-bond donors (Lipinski definition) is 1. The lowest BCUT2D eigenvalue weighted by molar-refractivity contribution is -0.125. The van der Waals surface area contributed by atoms with Crippen molar-refractivity contribution in [2.24, 2.45) is 0 Å². The van der Waals surface area contributed by atoms with Crippen LogP contribution in [0.2, 0.25) is 0 Å². The van der Waals surface area contributed by atoms with Gasteiger partial charge in [0, 0.05) is 11.8 Å². The van der Waals surface area contributed by atoms with Gasteiger partial charge < -0.3 is 9.47 Å². The highest BCUT2D eigenvalue weighted by molar-refractivity contribution is 7.87. The molecule has 1 fully saturated rings. The van der Waals surface area contributed by atoms with E-state index in [0.717, 1.165) is 10.8 Å². The maximum Gasteiger partial charge on any atom is 0.523 e. The second kappa shape index (κ2) is 9.64. The van der Waals surface area contributed by atoms with E-state index in [1.165, 1.54) is 6.92 Å². The predicted molar refractivity (Wildman–Crippen MR) is 114 cm³/mol. The van der Waals surface area contributed by atoms with E-state index in [-0.39, 0.29) is 25.0 Å². The lowest BCUT2D eigenvalue weighted by atomic mass is 9.89. The number of aromatic amines is 1. The monoisotopic (exact) mass is 506 g/mol. The molecule has 13 heteroatoms. The molecule has 1 saturated heterocycles. The third-order valence-electron chi connectivity index (χ3n) is 5.86. The van der Waals surface area contributed by atoms with Gasteiger partial charge in [-0.25, -0.2) is 4.79 Å². The van der Waals surface area contributed by atoms with Crippen LogP contribution in [0.4, 0.5) is 13.2 Å². The van der Waals surface area contributed by atoms with Gasteiger partial charge in [0.05, 0.1) is 12.2 Å². The summed E-state index contributed by atoms with van der Waals surface area (Å²) >= 11 is 0. The minimum absolute atomic E-state index is 0.0629. The lowest BCUT2D eigenvalue weighted by Crippen LogP contribution is -2.47. The van der Waals surface area contributed by atoms with Crippen LogP contribution in [-0.2, 0) is 30.4 Å². The van der Waals surface area contributed by atoms with Crippen molar-refractivity contribution < 1.29 is 35.2 Å². The number of benzene rings is 1. The van der Waals surface area contributed by atoms with Gasteiger partial charge in [-0.1, -0.05) is 44.2 Å². The van der Waals surface area contributed by atoms with Gasteiger partial charge in [-0.15, -0.1) is 0 Å². The number of nitrogens with one attached hydrogen (secondary N) is 1. The third-order valence-corrected chi connectivity index (χ3v) is 6.91. The first-order valence-electron chi connectivity index (χ1n) is 10.5. The van der Waals surface area contributed by atoms with E-state index in [1.54, 1.807) is 44.2 Å². The summed E-state index contributed by atoms with van der Waals surface area (Å²) in [4.78, 5) is 26.4. The molecule has 0 bridgehead atoms. The van der Waals surface area contributed by atoms with Crippen LogP contribution in [0.15, 0.2) is 46.1 Å². The third kappa shape index (κ3) is 4.97. The molecule has 1 aromatic carbocycles. The number of hydrogen-bond acceptors (Lipinski definition) is 7. The minimum atomic E-state index is -6.08. The first kappa shape index (κ1) is 26.1. The summed E-state index contributed by atoms with van der Waals surface area (Å²) in [5, 5.41) is 0. The second-order valence-electron chi connectivity index (χ2n) is 7.94. The molecule has 34 heavy (non-hydrogen) atoms. The molecule has 1 unspecified atom stereocenters. The first-order chi connectivity index (χ1) is 15.8. The lowest BCUT2D eigenvalue weighted by Gasteiger charge is -2.33. The topological polar surface area (TPSA) is 117 Å². The van der Waals surface area contributed by atoms with Crippen molar-refractivity contribution in [1.82, 2.24) is 9.55 Å². The zero-order valence-corrected chi connectivity index (χ0v) is 19.5. The normalized spacial score (nSPS) is 22.7. The van der Waals surface area contributed by atoms with Gasteiger partial charge >= 0.3 is 21.3 Å². The van der Waals surface area contributed by atoms with E-state index < -0.39 is 50.9 Å². The number of aromatic nitrogens is 2. The molecule has 3 atom stereocenters. The second-order valence-corrected chi connectivity index (χ2v) is 9.50. The van der Waals surface area contributed by atoms with Crippen LogP contribution in [0.5, 0.6) is 0 Å². The number of alkyl halides is 3. The Morgan fingerprint density at radius 2 is 1.76 bits per heavy atom. The molecule has 2 aromatic rings. The molecule has 0 aliphatic carbocycles. The Balaban J connectivity index is 2.13. The van der Waals surface area contributed by atoms with Crippen molar-refractivity contribution in [1.29, 1.82) is 0 Å². The summed E-state index contributed by atoms with van der Waals surface area (Å²) in [5.74, 6) is 0. The molecule has 2 heterocycles.